The molecule has 0 radical (unpaired) electrons. The van der Waals surface area contributed by atoms with Gasteiger partial charge in [0.1, 0.15) is 11.5 Å². The topological polar surface area (TPSA) is 92.4 Å². The van der Waals surface area contributed by atoms with Crippen molar-refractivity contribution in [3.05, 3.63) is 84.4 Å². The maximum Gasteiger partial charge on any atom is 0.273 e. The fourth-order valence-electron chi connectivity index (χ4n) is 2.70. The van der Waals surface area contributed by atoms with Gasteiger partial charge in [-0.3, -0.25) is 20.4 Å². The van der Waals surface area contributed by atoms with Crippen LogP contribution in [0.2, 0.25) is 0 Å². The number of thiazole rings is 1. The summed E-state index contributed by atoms with van der Waals surface area (Å²) in [6.45, 7) is -0.0255. The number of hydrogen-bond donors (Lipinski definition) is 3. The Morgan fingerprint density at radius 3 is 2.43 bits per heavy atom. The van der Waals surface area contributed by atoms with Crippen molar-refractivity contribution in [2.45, 2.75) is 0 Å². The molecule has 0 fully saturated rings. The largest absolute Gasteiger partial charge is 0.457 e. The van der Waals surface area contributed by atoms with E-state index in [-0.39, 0.29) is 6.54 Å². The van der Waals surface area contributed by atoms with Crippen LogP contribution in [0.5, 0.6) is 11.5 Å². The number of fused-ring (bicyclic) bond motifs is 1. The lowest BCUT2D eigenvalue weighted by Crippen LogP contribution is -2.44. The van der Waals surface area contributed by atoms with E-state index >= 15 is 0 Å². The van der Waals surface area contributed by atoms with E-state index in [1.807, 2.05) is 42.5 Å². The molecule has 0 atom stereocenters. The van der Waals surface area contributed by atoms with Gasteiger partial charge in [0.25, 0.3) is 11.8 Å². The molecule has 0 aliphatic carbocycles. The summed E-state index contributed by atoms with van der Waals surface area (Å²) in [6, 6.07) is 23.7. The molecule has 4 aromatic rings. The molecule has 0 aliphatic heterocycles. The maximum absolute atomic E-state index is 12.5. The first-order chi connectivity index (χ1) is 14.7. The number of carbonyl (C=O) groups is 2. The van der Waals surface area contributed by atoms with Crippen LogP contribution < -0.4 is 20.9 Å². The summed E-state index contributed by atoms with van der Waals surface area (Å²) in [4.78, 5) is 29.0. The van der Waals surface area contributed by atoms with E-state index in [1.165, 1.54) is 11.3 Å². The summed E-state index contributed by atoms with van der Waals surface area (Å²) in [6.07, 6.45) is 0. The first-order valence-corrected chi connectivity index (χ1v) is 10.0. The zero-order valence-electron chi connectivity index (χ0n) is 15.8. The molecule has 7 nitrogen and oxygen atoms in total. The van der Waals surface area contributed by atoms with Crippen LogP contribution in [0.3, 0.4) is 0 Å². The third kappa shape index (κ3) is 4.73. The van der Waals surface area contributed by atoms with Crippen LogP contribution in [0.1, 0.15) is 10.4 Å². The highest BCUT2D eigenvalue weighted by Crippen LogP contribution is 2.26. The number of hydrazine groups is 1. The predicted molar refractivity (Wildman–Crippen MR) is 117 cm³/mol. The van der Waals surface area contributed by atoms with Crippen molar-refractivity contribution in [3.8, 4) is 11.5 Å². The minimum absolute atomic E-state index is 0.0255. The van der Waals surface area contributed by atoms with Gasteiger partial charge >= 0.3 is 0 Å². The average Bonchev–Trinajstić information content (AvgIpc) is 3.20. The van der Waals surface area contributed by atoms with Crippen LogP contribution in [0.4, 0.5) is 5.13 Å². The molecular weight excluding hydrogens is 400 g/mol. The first-order valence-electron chi connectivity index (χ1n) is 9.19. The van der Waals surface area contributed by atoms with Gasteiger partial charge in [-0.2, -0.15) is 0 Å². The monoisotopic (exact) mass is 418 g/mol. The summed E-state index contributed by atoms with van der Waals surface area (Å²) < 4.78 is 6.81. The SMILES string of the molecule is O=C(CNc1nc2ccccc2s1)NNC(=O)c1ccccc1Oc1ccccc1. The first kappa shape index (κ1) is 19.4. The van der Waals surface area contributed by atoms with Crippen molar-refractivity contribution < 1.29 is 14.3 Å². The molecule has 1 heterocycles. The number of nitrogens with one attached hydrogen (secondary N) is 3. The van der Waals surface area contributed by atoms with Crippen molar-refractivity contribution in [3.63, 3.8) is 0 Å². The smallest absolute Gasteiger partial charge is 0.273 e. The zero-order valence-corrected chi connectivity index (χ0v) is 16.6. The van der Waals surface area contributed by atoms with Crippen molar-refractivity contribution >= 4 is 38.5 Å². The van der Waals surface area contributed by atoms with Gasteiger partial charge < -0.3 is 10.1 Å². The molecule has 0 spiro atoms. The number of carbonyl (C=O) groups excluding carboxylic acids is 2. The summed E-state index contributed by atoms with van der Waals surface area (Å²) >= 11 is 1.46. The van der Waals surface area contributed by atoms with Gasteiger partial charge in [-0.05, 0) is 36.4 Å². The van der Waals surface area contributed by atoms with Crippen LogP contribution >= 0.6 is 11.3 Å². The van der Waals surface area contributed by atoms with E-state index in [1.54, 1.807) is 36.4 Å². The second kappa shape index (κ2) is 9.06. The summed E-state index contributed by atoms with van der Waals surface area (Å²) in [5.41, 5.74) is 5.98. The highest BCUT2D eigenvalue weighted by Gasteiger charge is 2.14. The minimum atomic E-state index is -0.477. The molecule has 0 unspecified atom stereocenters. The number of rotatable bonds is 6. The van der Waals surface area contributed by atoms with E-state index < -0.39 is 11.8 Å². The Morgan fingerprint density at radius 1 is 0.867 bits per heavy atom. The normalized spacial score (nSPS) is 10.4. The maximum atomic E-state index is 12.5. The molecule has 8 heteroatoms. The molecule has 4 rings (SSSR count). The second-order valence-electron chi connectivity index (χ2n) is 6.25. The highest BCUT2D eigenvalue weighted by atomic mass is 32.1. The van der Waals surface area contributed by atoms with Crippen LogP contribution in [0.25, 0.3) is 10.2 Å². The lowest BCUT2D eigenvalue weighted by Gasteiger charge is -2.12. The van der Waals surface area contributed by atoms with Gasteiger partial charge in [0.2, 0.25) is 0 Å². The Kier molecular flexibility index (Phi) is 5.86. The minimum Gasteiger partial charge on any atom is -0.457 e. The number of para-hydroxylation sites is 3. The number of benzene rings is 3. The van der Waals surface area contributed by atoms with Crippen LogP contribution in [-0.4, -0.2) is 23.3 Å². The Labute approximate surface area is 176 Å². The van der Waals surface area contributed by atoms with Crippen LogP contribution in [0.15, 0.2) is 78.9 Å². The van der Waals surface area contributed by atoms with E-state index in [0.717, 1.165) is 10.2 Å². The van der Waals surface area contributed by atoms with Crippen LogP contribution in [-0.2, 0) is 4.79 Å². The van der Waals surface area contributed by atoms with Gasteiger partial charge in [-0.1, -0.05) is 53.8 Å². The molecule has 3 aromatic carbocycles. The number of amides is 2. The molecule has 3 N–H and O–H groups in total. The van der Waals surface area contributed by atoms with Crippen molar-refractivity contribution in [1.29, 1.82) is 0 Å². The molecule has 2 amide bonds. The average molecular weight is 418 g/mol. The Balaban J connectivity index is 1.32. The quantitative estimate of drug-likeness (QED) is 0.412. The third-order valence-corrected chi connectivity index (χ3v) is 5.11. The molecule has 0 aliphatic rings. The van der Waals surface area contributed by atoms with Crippen molar-refractivity contribution in [2.75, 3.05) is 11.9 Å². The van der Waals surface area contributed by atoms with Crippen LogP contribution in [0, 0.1) is 0 Å². The number of anilines is 1. The molecule has 0 saturated carbocycles. The molecule has 30 heavy (non-hydrogen) atoms. The van der Waals surface area contributed by atoms with E-state index in [0.29, 0.717) is 22.2 Å². The van der Waals surface area contributed by atoms with Crippen molar-refractivity contribution in [1.82, 2.24) is 15.8 Å². The fraction of sp³-hybridized carbons (Fsp3) is 0.0455. The number of aromatic nitrogens is 1. The van der Waals surface area contributed by atoms with Gasteiger partial charge in [0.15, 0.2) is 5.13 Å². The fourth-order valence-corrected chi connectivity index (χ4v) is 3.56. The predicted octanol–water partition coefficient (Wildman–Crippen LogP) is 3.96. The Hall–Kier alpha value is -3.91. The Bertz CT molecular complexity index is 1140. The number of ether oxygens (including phenoxy) is 1. The summed E-state index contributed by atoms with van der Waals surface area (Å²) in [5, 5.41) is 3.60. The molecule has 0 bridgehead atoms. The lowest BCUT2D eigenvalue weighted by molar-refractivity contribution is -0.120. The van der Waals surface area contributed by atoms with Gasteiger partial charge in [0, 0.05) is 0 Å². The zero-order chi connectivity index (χ0) is 20.8. The number of hydrogen-bond acceptors (Lipinski definition) is 6. The van der Waals surface area contributed by atoms with Crippen molar-refractivity contribution in [2.24, 2.45) is 0 Å². The molecule has 1 aromatic heterocycles. The van der Waals surface area contributed by atoms with Gasteiger partial charge in [-0.25, -0.2) is 4.98 Å². The molecule has 150 valence electrons. The van der Waals surface area contributed by atoms with Gasteiger partial charge in [0.05, 0.1) is 22.3 Å². The van der Waals surface area contributed by atoms with E-state index in [4.69, 9.17) is 4.74 Å². The standard InChI is InChI=1S/C22H18N4O3S/c27-20(14-23-22-24-17-11-5-7-13-19(17)30-22)25-26-21(28)16-10-4-6-12-18(16)29-15-8-2-1-3-9-15/h1-13H,14H2,(H,23,24)(H,25,27)(H,26,28). The van der Waals surface area contributed by atoms with Gasteiger partial charge in [-0.15, -0.1) is 0 Å². The second-order valence-corrected chi connectivity index (χ2v) is 7.28. The molecule has 0 saturated heterocycles. The third-order valence-electron chi connectivity index (χ3n) is 4.11. The number of nitrogens with zero attached hydrogens (tertiary/aromatic N) is 1. The summed E-state index contributed by atoms with van der Waals surface area (Å²) in [7, 11) is 0. The lowest BCUT2D eigenvalue weighted by atomic mass is 10.2. The Morgan fingerprint density at radius 2 is 1.60 bits per heavy atom. The highest BCUT2D eigenvalue weighted by molar-refractivity contribution is 7.22. The van der Waals surface area contributed by atoms with E-state index in [9.17, 15) is 9.59 Å². The van der Waals surface area contributed by atoms with E-state index in [2.05, 4.69) is 21.2 Å². The summed E-state index contributed by atoms with van der Waals surface area (Å²) in [5.74, 6) is 0.129. The molecular formula is C22H18N4O3S.